The molecule has 0 heterocycles. The zero-order valence-corrected chi connectivity index (χ0v) is 8.79. The summed E-state index contributed by atoms with van der Waals surface area (Å²) < 4.78 is 18.3. The Hall–Kier alpha value is -1.56. The molecule has 80 valence electrons. The van der Waals surface area contributed by atoms with Crippen LogP contribution in [0, 0.1) is 17.1 Å². The Morgan fingerprint density at radius 1 is 1.33 bits per heavy atom. The van der Waals surface area contributed by atoms with E-state index >= 15 is 0 Å². The van der Waals surface area contributed by atoms with Gasteiger partial charge in [-0.3, -0.25) is 0 Å². The summed E-state index contributed by atoms with van der Waals surface area (Å²) in [4.78, 5) is 0. The van der Waals surface area contributed by atoms with E-state index in [1.807, 2.05) is 6.07 Å². The fraction of sp³-hybridized carbons (Fsp3) is 0.417. The summed E-state index contributed by atoms with van der Waals surface area (Å²) in [6.07, 6.45) is 3.17. The third kappa shape index (κ3) is 3.99. The van der Waals surface area contributed by atoms with Crippen molar-refractivity contribution in [2.75, 3.05) is 6.61 Å². The molecular weight excluding hydrogens is 193 g/mol. The maximum Gasteiger partial charge on any atom is 0.128 e. The normalized spacial score (nSPS) is 9.67. The zero-order chi connectivity index (χ0) is 11.1. The summed E-state index contributed by atoms with van der Waals surface area (Å²) in [6, 6.07) is 5.93. The van der Waals surface area contributed by atoms with Crippen molar-refractivity contribution in [1.29, 1.82) is 5.26 Å². The average molecular weight is 207 g/mol. The molecule has 0 spiro atoms. The lowest BCUT2D eigenvalue weighted by Crippen LogP contribution is -1.97. The summed E-state index contributed by atoms with van der Waals surface area (Å²) in [6.45, 7) is 2.68. The SMILES string of the molecule is CCCCCOc1cc(F)cc(C#N)c1. The van der Waals surface area contributed by atoms with Crippen molar-refractivity contribution in [1.82, 2.24) is 0 Å². The molecule has 2 nitrogen and oxygen atoms in total. The van der Waals surface area contributed by atoms with Gasteiger partial charge in [0, 0.05) is 6.07 Å². The standard InChI is InChI=1S/C12H14FNO/c1-2-3-4-5-15-12-7-10(9-14)6-11(13)8-12/h6-8H,2-5H2,1H3. The molecule has 0 aliphatic carbocycles. The number of halogens is 1. The summed E-state index contributed by atoms with van der Waals surface area (Å²) in [7, 11) is 0. The molecule has 0 aliphatic heterocycles. The van der Waals surface area contributed by atoms with E-state index < -0.39 is 5.82 Å². The predicted molar refractivity (Wildman–Crippen MR) is 56.1 cm³/mol. The van der Waals surface area contributed by atoms with Gasteiger partial charge in [-0.05, 0) is 18.6 Å². The first kappa shape index (κ1) is 11.5. The van der Waals surface area contributed by atoms with Gasteiger partial charge in [-0.2, -0.15) is 5.26 Å². The molecule has 0 aromatic heterocycles. The third-order valence-electron chi connectivity index (χ3n) is 2.02. The molecule has 0 aliphatic rings. The van der Waals surface area contributed by atoms with Gasteiger partial charge in [0.05, 0.1) is 18.2 Å². The summed E-state index contributed by atoms with van der Waals surface area (Å²) in [5.41, 5.74) is 0.292. The van der Waals surface area contributed by atoms with Crippen molar-refractivity contribution in [3.05, 3.63) is 29.6 Å². The first-order valence-electron chi connectivity index (χ1n) is 5.09. The van der Waals surface area contributed by atoms with Crippen LogP contribution in [-0.2, 0) is 0 Å². The van der Waals surface area contributed by atoms with Gasteiger partial charge in [-0.1, -0.05) is 19.8 Å². The topological polar surface area (TPSA) is 33.0 Å². The lowest BCUT2D eigenvalue weighted by molar-refractivity contribution is 0.304. The number of nitriles is 1. The molecule has 1 aromatic carbocycles. The van der Waals surface area contributed by atoms with Crippen LogP contribution in [0.3, 0.4) is 0 Å². The van der Waals surface area contributed by atoms with E-state index in [0.29, 0.717) is 17.9 Å². The maximum absolute atomic E-state index is 13.0. The molecule has 0 N–H and O–H groups in total. The maximum atomic E-state index is 13.0. The number of benzene rings is 1. The van der Waals surface area contributed by atoms with Gasteiger partial charge in [0.1, 0.15) is 11.6 Å². The Balaban J connectivity index is 2.54. The molecule has 0 atom stereocenters. The highest BCUT2D eigenvalue weighted by atomic mass is 19.1. The van der Waals surface area contributed by atoms with E-state index in [-0.39, 0.29) is 0 Å². The van der Waals surface area contributed by atoms with Crippen molar-refractivity contribution in [3.63, 3.8) is 0 Å². The number of rotatable bonds is 5. The molecule has 0 amide bonds. The van der Waals surface area contributed by atoms with Gasteiger partial charge >= 0.3 is 0 Å². The molecule has 1 aromatic rings. The first-order chi connectivity index (χ1) is 7.26. The van der Waals surface area contributed by atoms with Crippen LogP contribution in [0.15, 0.2) is 18.2 Å². The minimum atomic E-state index is -0.431. The Morgan fingerprint density at radius 2 is 2.13 bits per heavy atom. The molecule has 0 saturated heterocycles. The Kier molecular flexibility index (Phi) is 4.62. The van der Waals surface area contributed by atoms with Gasteiger partial charge in [-0.25, -0.2) is 4.39 Å². The van der Waals surface area contributed by atoms with E-state index in [2.05, 4.69) is 6.92 Å². The van der Waals surface area contributed by atoms with Crippen LogP contribution < -0.4 is 4.74 Å². The van der Waals surface area contributed by atoms with E-state index in [0.717, 1.165) is 19.3 Å². The molecule has 0 radical (unpaired) electrons. The Labute approximate surface area is 89.3 Å². The average Bonchev–Trinajstić information content (AvgIpc) is 2.23. The highest BCUT2D eigenvalue weighted by Gasteiger charge is 2.00. The molecule has 0 fully saturated rings. The minimum absolute atomic E-state index is 0.292. The van der Waals surface area contributed by atoms with Crippen LogP contribution in [0.4, 0.5) is 4.39 Å². The summed E-state index contributed by atoms with van der Waals surface area (Å²) in [5.74, 6) is 0.00203. The smallest absolute Gasteiger partial charge is 0.128 e. The molecule has 15 heavy (non-hydrogen) atoms. The minimum Gasteiger partial charge on any atom is -0.493 e. The zero-order valence-electron chi connectivity index (χ0n) is 8.79. The monoisotopic (exact) mass is 207 g/mol. The summed E-state index contributed by atoms with van der Waals surface area (Å²) >= 11 is 0. The molecular formula is C12H14FNO. The van der Waals surface area contributed by atoms with Crippen molar-refractivity contribution in [2.24, 2.45) is 0 Å². The number of hydrogen-bond acceptors (Lipinski definition) is 2. The Bertz CT molecular complexity index is 357. The quantitative estimate of drug-likeness (QED) is 0.694. The van der Waals surface area contributed by atoms with E-state index in [9.17, 15) is 4.39 Å². The number of ether oxygens (including phenoxy) is 1. The van der Waals surface area contributed by atoms with Gasteiger partial charge in [0.15, 0.2) is 0 Å². The molecule has 0 bridgehead atoms. The second kappa shape index (κ2) is 6.02. The lowest BCUT2D eigenvalue weighted by Gasteiger charge is -2.05. The molecule has 0 saturated carbocycles. The highest BCUT2D eigenvalue weighted by Crippen LogP contribution is 2.16. The van der Waals surface area contributed by atoms with Gasteiger partial charge < -0.3 is 4.74 Å². The number of nitrogens with zero attached hydrogens (tertiary/aromatic N) is 1. The van der Waals surface area contributed by atoms with Gasteiger partial charge in [-0.15, -0.1) is 0 Å². The Morgan fingerprint density at radius 3 is 2.80 bits per heavy atom. The predicted octanol–water partition coefficient (Wildman–Crippen LogP) is 3.27. The fourth-order valence-corrected chi connectivity index (χ4v) is 1.25. The van der Waals surface area contributed by atoms with E-state index in [4.69, 9.17) is 10.00 Å². The van der Waals surface area contributed by atoms with Crippen molar-refractivity contribution in [3.8, 4) is 11.8 Å². The van der Waals surface area contributed by atoms with Gasteiger partial charge in [0.2, 0.25) is 0 Å². The van der Waals surface area contributed by atoms with E-state index in [1.54, 1.807) is 6.07 Å². The second-order valence-electron chi connectivity index (χ2n) is 3.34. The van der Waals surface area contributed by atoms with Crippen LogP contribution in [0.5, 0.6) is 5.75 Å². The highest BCUT2D eigenvalue weighted by molar-refractivity contribution is 5.36. The molecule has 1 rings (SSSR count). The lowest BCUT2D eigenvalue weighted by atomic mass is 10.2. The molecule has 3 heteroatoms. The largest absolute Gasteiger partial charge is 0.493 e. The van der Waals surface area contributed by atoms with Crippen LogP contribution in [0.2, 0.25) is 0 Å². The summed E-state index contributed by atoms with van der Waals surface area (Å²) in [5, 5.41) is 8.62. The van der Waals surface area contributed by atoms with Crippen LogP contribution >= 0.6 is 0 Å². The second-order valence-corrected chi connectivity index (χ2v) is 3.34. The van der Waals surface area contributed by atoms with Gasteiger partial charge in [0.25, 0.3) is 0 Å². The molecule has 0 unspecified atom stereocenters. The van der Waals surface area contributed by atoms with E-state index in [1.165, 1.54) is 12.1 Å². The van der Waals surface area contributed by atoms with Crippen LogP contribution in [0.25, 0.3) is 0 Å². The number of unbranched alkanes of at least 4 members (excludes halogenated alkanes) is 2. The first-order valence-corrected chi connectivity index (χ1v) is 5.09. The third-order valence-corrected chi connectivity index (χ3v) is 2.02. The fourth-order valence-electron chi connectivity index (χ4n) is 1.25. The van der Waals surface area contributed by atoms with Crippen LogP contribution in [0.1, 0.15) is 31.7 Å². The van der Waals surface area contributed by atoms with Crippen molar-refractivity contribution in [2.45, 2.75) is 26.2 Å². The van der Waals surface area contributed by atoms with Crippen molar-refractivity contribution < 1.29 is 9.13 Å². The number of hydrogen-bond donors (Lipinski definition) is 0. The van der Waals surface area contributed by atoms with Crippen LogP contribution in [-0.4, -0.2) is 6.61 Å². The van der Waals surface area contributed by atoms with Crippen molar-refractivity contribution >= 4 is 0 Å².